The molecule has 2 aromatic rings. The van der Waals surface area contributed by atoms with E-state index in [0.29, 0.717) is 39.0 Å². The first-order valence-corrected chi connectivity index (χ1v) is 15.3. The standard InChI is InChI=1S/C15H18Cl3NO.C14H16Cl3NO2/c1-4-14(10(3)15(14,17)18)13(20)19-9(2)11-5-7-12(16)8-6-11;1-4-14(3,12(19)7-15)18-13(20)9-5-10(16)8(2)11(17)6-9/h5-10H,4H2,1-3H3,(H,19,20);5-6H,4,7H2,1-3H3,(H,18,20). The molecular weight excluding hydrogens is 637 g/mol. The van der Waals surface area contributed by atoms with Crippen LogP contribution in [-0.4, -0.2) is 33.3 Å². The second kappa shape index (κ2) is 13.8. The number of carbonyl (C=O) groups is 3. The van der Waals surface area contributed by atoms with Gasteiger partial charge in [-0.05, 0) is 69.0 Å². The molecule has 5 nitrogen and oxygen atoms in total. The highest BCUT2D eigenvalue weighted by atomic mass is 35.5. The van der Waals surface area contributed by atoms with Gasteiger partial charge in [-0.25, -0.2) is 0 Å². The Morgan fingerprint density at radius 2 is 1.52 bits per heavy atom. The largest absolute Gasteiger partial charge is 0.349 e. The van der Waals surface area contributed by atoms with Gasteiger partial charge in [-0.1, -0.05) is 67.7 Å². The minimum atomic E-state index is -0.997. The fraction of sp³-hybridized carbons (Fsp3) is 0.483. The topological polar surface area (TPSA) is 75.3 Å². The third kappa shape index (κ3) is 7.22. The van der Waals surface area contributed by atoms with Gasteiger partial charge in [0.25, 0.3) is 5.91 Å². The number of alkyl halides is 3. The highest BCUT2D eigenvalue weighted by molar-refractivity contribution is 6.53. The zero-order valence-corrected chi connectivity index (χ0v) is 27.8. The molecule has 0 bridgehead atoms. The van der Waals surface area contributed by atoms with Crippen LogP contribution in [0.2, 0.25) is 15.1 Å². The lowest BCUT2D eigenvalue weighted by Crippen LogP contribution is -2.52. The summed E-state index contributed by atoms with van der Waals surface area (Å²) in [6, 6.07) is 10.4. The number of ketones is 1. The Morgan fingerprint density at radius 1 is 1.02 bits per heavy atom. The van der Waals surface area contributed by atoms with Gasteiger partial charge in [0.1, 0.15) is 4.33 Å². The lowest BCUT2D eigenvalue weighted by Gasteiger charge is -2.27. The number of rotatable bonds is 9. The van der Waals surface area contributed by atoms with E-state index in [-0.39, 0.29) is 29.5 Å². The molecule has 4 unspecified atom stereocenters. The van der Waals surface area contributed by atoms with Gasteiger partial charge in [0.15, 0.2) is 5.78 Å². The molecule has 1 aliphatic rings. The van der Waals surface area contributed by atoms with E-state index in [4.69, 9.17) is 69.6 Å². The summed E-state index contributed by atoms with van der Waals surface area (Å²) >= 11 is 35.9. The van der Waals surface area contributed by atoms with Crippen molar-refractivity contribution in [2.75, 3.05) is 5.88 Å². The molecule has 0 radical (unpaired) electrons. The van der Waals surface area contributed by atoms with E-state index in [2.05, 4.69) is 10.6 Å². The maximum atomic E-state index is 12.5. The van der Waals surface area contributed by atoms with E-state index in [1.807, 2.05) is 45.0 Å². The van der Waals surface area contributed by atoms with Crippen molar-refractivity contribution < 1.29 is 14.4 Å². The van der Waals surface area contributed by atoms with Crippen LogP contribution in [0, 0.1) is 18.3 Å². The van der Waals surface area contributed by atoms with Crippen molar-refractivity contribution in [2.45, 2.75) is 70.3 Å². The van der Waals surface area contributed by atoms with E-state index in [0.717, 1.165) is 5.56 Å². The van der Waals surface area contributed by atoms with Crippen molar-refractivity contribution in [3.63, 3.8) is 0 Å². The Labute approximate surface area is 266 Å². The van der Waals surface area contributed by atoms with Crippen molar-refractivity contribution >= 4 is 87.2 Å². The van der Waals surface area contributed by atoms with E-state index < -0.39 is 21.2 Å². The molecule has 0 heterocycles. The van der Waals surface area contributed by atoms with Crippen molar-refractivity contribution in [3.8, 4) is 0 Å². The molecule has 220 valence electrons. The number of halogens is 6. The van der Waals surface area contributed by atoms with Gasteiger partial charge >= 0.3 is 0 Å². The van der Waals surface area contributed by atoms with Crippen LogP contribution in [0.5, 0.6) is 0 Å². The Balaban J connectivity index is 0.000000280. The number of carbonyl (C=O) groups excluding carboxylic acids is 3. The molecular formula is C29H34Cl6N2O3. The van der Waals surface area contributed by atoms with Crippen LogP contribution in [0.15, 0.2) is 36.4 Å². The summed E-state index contributed by atoms with van der Waals surface area (Å²) < 4.78 is -0.967. The van der Waals surface area contributed by atoms with Gasteiger partial charge in [0.05, 0.1) is 22.9 Å². The molecule has 1 fully saturated rings. The quantitative estimate of drug-likeness (QED) is 0.262. The van der Waals surface area contributed by atoms with Crippen LogP contribution in [0.1, 0.15) is 75.0 Å². The van der Waals surface area contributed by atoms with Crippen molar-refractivity contribution in [1.29, 1.82) is 0 Å². The summed E-state index contributed by atoms with van der Waals surface area (Å²) in [7, 11) is 0. The van der Waals surface area contributed by atoms with Crippen LogP contribution in [0.25, 0.3) is 0 Å². The molecule has 2 amide bonds. The summed E-state index contributed by atoms with van der Waals surface area (Å²) in [5.74, 6) is -0.920. The Hall–Kier alpha value is -1.21. The molecule has 0 saturated heterocycles. The zero-order valence-electron chi connectivity index (χ0n) is 23.2. The Bertz CT molecular complexity index is 1230. The fourth-order valence-electron chi connectivity index (χ4n) is 4.45. The summed E-state index contributed by atoms with van der Waals surface area (Å²) in [5, 5.41) is 7.19. The first-order valence-electron chi connectivity index (χ1n) is 12.8. The van der Waals surface area contributed by atoms with Gasteiger partial charge in [-0.15, -0.1) is 34.8 Å². The third-order valence-corrected chi connectivity index (χ3v) is 10.5. The van der Waals surface area contributed by atoms with E-state index >= 15 is 0 Å². The highest BCUT2D eigenvalue weighted by Crippen LogP contribution is 2.70. The van der Waals surface area contributed by atoms with Gasteiger partial charge in [-0.2, -0.15) is 0 Å². The molecule has 0 aliphatic heterocycles. The predicted octanol–water partition coefficient (Wildman–Crippen LogP) is 8.75. The highest BCUT2D eigenvalue weighted by Gasteiger charge is 2.76. The minimum absolute atomic E-state index is 0.0410. The first-order chi connectivity index (χ1) is 18.5. The van der Waals surface area contributed by atoms with Gasteiger partial charge < -0.3 is 10.6 Å². The SMILES string of the molecule is CCC(C)(NC(=O)c1cc(Cl)c(C)c(Cl)c1)C(=O)CCl.CCC1(C(=O)NC(C)c2ccc(Cl)cc2)C(C)C1(Cl)Cl. The summed E-state index contributed by atoms with van der Waals surface area (Å²) in [5.41, 5.74) is 0.337. The summed E-state index contributed by atoms with van der Waals surface area (Å²) in [6.45, 7) is 11.0. The Kier molecular flexibility index (Phi) is 12.1. The normalized spacial score (nSPS) is 21.2. The van der Waals surface area contributed by atoms with Crippen molar-refractivity contribution in [2.24, 2.45) is 11.3 Å². The summed E-state index contributed by atoms with van der Waals surface area (Å²) in [6.07, 6.45) is 1.07. The third-order valence-electron chi connectivity index (χ3n) is 7.85. The molecule has 3 rings (SSSR count). The lowest BCUT2D eigenvalue weighted by atomic mass is 9.93. The predicted molar refractivity (Wildman–Crippen MR) is 167 cm³/mol. The average molecular weight is 671 g/mol. The van der Waals surface area contributed by atoms with Crippen molar-refractivity contribution in [3.05, 3.63) is 68.2 Å². The first kappa shape index (κ1) is 35.0. The molecule has 4 atom stereocenters. The van der Waals surface area contributed by atoms with Crippen LogP contribution in [0.3, 0.4) is 0 Å². The number of hydrogen-bond donors (Lipinski definition) is 2. The number of Topliss-reactive ketones (excluding diaryl/α,β-unsaturated/α-hetero) is 1. The molecule has 2 N–H and O–H groups in total. The second-order valence-electron chi connectivity index (χ2n) is 10.2. The molecule has 40 heavy (non-hydrogen) atoms. The lowest BCUT2D eigenvalue weighted by molar-refractivity contribution is -0.127. The second-order valence-corrected chi connectivity index (χ2v) is 13.1. The monoisotopic (exact) mass is 668 g/mol. The van der Waals surface area contributed by atoms with Crippen LogP contribution in [-0.2, 0) is 9.59 Å². The van der Waals surface area contributed by atoms with Crippen LogP contribution >= 0.6 is 69.6 Å². The fourth-order valence-corrected chi connectivity index (χ4v) is 6.39. The minimum Gasteiger partial charge on any atom is -0.349 e. The summed E-state index contributed by atoms with van der Waals surface area (Å²) in [4.78, 5) is 36.6. The Morgan fingerprint density at radius 3 is 1.93 bits per heavy atom. The van der Waals surface area contributed by atoms with Crippen molar-refractivity contribution in [1.82, 2.24) is 10.6 Å². The number of hydrogen-bond acceptors (Lipinski definition) is 3. The van der Waals surface area contributed by atoms with Crippen LogP contribution in [0.4, 0.5) is 0 Å². The smallest absolute Gasteiger partial charge is 0.252 e. The van der Waals surface area contributed by atoms with Gasteiger partial charge in [-0.3, -0.25) is 14.4 Å². The van der Waals surface area contributed by atoms with E-state index in [1.54, 1.807) is 20.8 Å². The van der Waals surface area contributed by atoms with Crippen LogP contribution < -0.4 is 10.6 Å². The number of benzene rings is 2. The average Bonchev–Trinajstić information content (AvgIpc) is 3.37. The van der Waals surface area contributed by atoms with E-state index in [9.17, 15) is 14.4 Å². The maximum Gasteiger partial charge on any atom is 0.252 e. The number of amides is 2. The molecule has 11 heteroatoms. The molecule has 0 spiro atoms. The van der Waals surface area contributed by atoms with E-state index in [1.165, 1.54) is 12.1 Å². The molecule has 2 aromatic carbocycles. The molecule has 1 aliphatic carbocycles. The molecule has 1 saturated carbocycles. The number of nitrogens with one attached hydrogen (secondary N) is 2. The maximum absolute atomic E-state index is 12.5. The van der Waals surface area contributed by atoms with Gasteiger partial charge in [0.2, 0.25) is 5.91 Å². The molecule has 0 aromatic heterocycles. The zero-order chi connectivity index (χ0) is 30.6. The van der Waals surface area contributed by atoms with Gasteiger partial charge in [0, 0.05) is 26.5 Å².